The van der Waals surface area contributed by atoms with Gasteiger partial charge in [-0.05, 0) is 42.7 Å². The van der Waals surface area contributed by atoms with Gasteiger partial charge in [-0.3, -0.25) is 4.79 Å². The molecule has 0 aliphatic carbocycles. The summed E-state index contributed by atoms with van der Waals surface area (Å²) in [7, 11) is 0. The van der Waals surface area contributed by atoms with Gasteiger partial charge in [-0.15, -0.1) is 11.3 Å². The van der Waals surface area contributed by atoms with Crippen LogP contribution in [0.3, 0.4) is 0 Å². The van der Waals surface area contributed by atoms with E-state index in [1.807, 2.05) is 4.90 Å². The van der Waals surface area contributed by atoms with Gasteiger partial charge in [-0.1, -0.05) is 18.2 Å². The van der Waals surface area contributed by atoms with Crippen LogP contribution in [0.1, 0.15) is 38.3 Å². The summed E-state index contributed by atoms with van der Waals surface area (Å²) in [6.45, 7) is 4.13. The second kappa shape index (κ2) is 5.19. The average Bonchev–Trinajstić information content (AvgIpc) is 2.84. The lowest BCUT2D eigenvalue weighted by Crippen LogP contribution is -2.51. The number of carbonyl (C=O) groups is 1. The van der Waals surface area contributed by atoms with E-state index in [1.54, 1.807) is 11.3 Å². The van der Waals surface area contributed by atoms with Crippen LogP contribution in [-0.2, 0) is 4.79 Å². The number of carbonyl (C=O) groups excluding carboxylic acids is 1. The number of hydrogen-bond donors (Lipinski definition) is 1. The van der Waals surface area contributed by atoms with Crippen molar-refractivity contribution >= 4 is 27.3 Å². The number of fused-ring (bicyclic) bond motifs is 1. The predicted octanol–water partition coefficient (Wildman–Crippen LogP) is 3.30. The van der Waals surface area contributed by atoms with Crippen LogP contribution < -0.4 is 5.73 Å². The van der Waals surface area contributed by atoms with E-state index < -0.39 is 0 Å². The minimum atomic E-state index is 0.00685. The number of piperidine rings is 1. The van der Waals surface area contributed by atoms with Crippen molar-refractivity contribution in [1.82, 2.24) is 4.90 Å². The molecule has 1 fully saturated rings. The van der Waals surface area contributed by atoms with Gasteiger partial charge in [0.15, 0.2) is 0 Å². The molecule has 20 heavy (non-hydrogen) atoms. The van der Waals surface area contributed by atoms with Gasteiger partial charge in [0.1, 0.15) is 0 Å². The summed E-state index contributed by atoms with van der Waals surface area (Å²) in [5.41, 5.74) is 7.57. The van der Waals surface area contributed by atoms with E-state index in [4.69, 9.17) is 5.73 Å². The van der Waals surface area contributed by atoms with Crippen LogP contribution in [0, 0.1) is 0 Å². The first-order valence-corrected chi connectivity index (χ1v) is 8.00. The summed E-state index contributed by atoms with van der Waals surface area (Å²) >= 11 is 1.73. The molecule has 2 heterocycles. The lowest BCUT2D eigenvalue weighted by Gasteiger charge is -2.42. The Labute approximate surface area is 123 Å². The van der Waals surface area contributed by atoms with E-state index in [9.17, 15) is 4.79 Å². The van der Waals surface area contributed by atoms with E-state index in [0.29, 0.717) is 6.42 Å². The highest BCUT2D eigenvalue weighted by atomic mass is 32.1. The van der Waals surface area contributed by atoms with Crippen LogP contribution in [-0.4, -0.2) is 22.9 Å². The highest BCUT2D eigenvalue weighted by Crippen LogP contribution is 2.38. The zero-order valence-electron chi connectivity index (χ0n) is 11.9. The predicted molar refractivity (Wildman–Crippen MR) is 83.8 cm³/mol. The second-order valence-corrected chi connectivity index (χ2v) is 6.64. The number of likely N-dealkylation sites (tertiary alicyclic amines) is 1. The van der Waals surface area contributed by atoms with Gasteiger partial charge in [0.25, 0.3) is 0 Å². The molecule has 1 amide bonds. The second-order valence-electron chi connectivity index (χ2n) is 5.73. The fourth-order valence-electron chi connectivity index (χ4n) is 3.16. The molecule has 1 aromatic heterocycles. The zero-order valence-corrected chi connectivity index (χ0v) is 12.7. The normalized spacial score (nSPS) is 23.8. The van der Waals surface area contributed by atoms with E-state index in [-0.39, 0.29) is 24.0 Å². The van der Waals surface area contributed by atoms with Crippen LogP contribution >= 0.6 is 11.3 Å². The van der Waals surface area contributed by atoms with Gasteiger partial charge < -0.3 is 10.6 Å². The van der Waals surface area contributed by atoms with Gasteiger partial charge in [0, 0.05) is 23.2 Å². The third-order valence-corrected chi connectivity index (χ3v) is 5.05. The standard InChI is InChI=1S/C16H20N2OS/c1-10(2)18-15(19)8-7-13(17)16(18)12-9-20-14-6-4-3-5-11(12)14/h3-6,9-10,13,16H,7-8,17H2,1-2H3. The maximum atomic E-state index is 12.3. The third kappa shape index (κ3) is 2.13. The van der Waals surface area contributed by atoms with Crippen LogP contribution in [0.5, 0.6) is 0 Å². The zero-order chi connectivity index (χ0) is 14.3. The fraction of sp³-hybridized carbons (Fsp3) is 0.438. The number of thiophene rings is 1. The molecule has 106 valence electrons. The molecule has 0 bridgehead atoms. The first-order valence-electron chi connectivity index (χ1n) is 7.12. The lowest BCUT2D eigenvalue weighted by atomic mass is 9.89. The van der Waals surface area contributed by atoms with Crippen molar-refractivity contribution in [3.05, 3.63) is 35.2 Å². The molecule has 1 aromatic carbocycles. The van der Waals surface area contributed by atoms with Crippen molar-refractivity contribution in [2.75, 3.05) is 0 Å². The van der Waals surface area contributed by atoms with E-state index in [0.717, 1.165) is 6.42 Å². The van der Waals surface area contributed by atoms with Gasteiger partial charge in [-0.25, -0.2) is 0 Å². The smallest absolute Gasteiger partial charge is 0.223 e. The Balaban J connectivity index is 2.11. The van der Waals surface area contributed by atoms with Crippen molar-refractivity contribution < 1.29 is 4.79 Å². The van der Waals surface area contributed by atoms with Crippen LogP contribution in [0.4, 0.5) is 0 Å². The Morgan fingerprint density at radius 2 is 2.10 bits per heavy atom. The van der Waals surface area contributed by atoms with Crippen molar-refractivity contribution in [3.63, 3.8) is 0 Å². The molecule has 1 aliphatic rings. The van der Waals surface area contributed by atoms with Gasteiger partial charge in [0.2, 0.25) is 5.91 Å². The first kappa shape index (κ1) is 13.6. The summed E-state index contributed by atoms with van der Waals surface area (Å²) in [6.07, 6.45) is 1.34. The molecule has 0 saturated carbocycles. The number of hydrogen-bond acceptors (Lipinski definition) is 3. The van der Waals surface area contributed by atoms with Gasteiger partial charge >= 0.3 is 0 Å². The molecule has 3 rings (SSSR count). The molecule has 3 nitrogen and oxygen atoms in total. The van der Waals surface area contributed by atoms with E-state index >= 15 is 0 Å². The maximum absolute atomic E-state index is 12.3. The third-order valence-electron chi connectivity index (χ3n) is 4.07. The Hall–Kier alpha value is -1.39. The molecule has 1 saturated heterocycles. The van der Waals surface area contributed by atoms with E-state index in [2.05, 4.69) is 43.5 Å². The van der Waals surface area contributed by atoms with Crippen LogP contribution in [0.15, 0.2) is 29.6 Å². The summed E-state index contributed by atoms with van der Waals surface area (Å²) in [4.78, 5) is 14.3. The molecule has 2 atom stereocenters. The minimum absolute atomic E-state index is 0.00685. The highest BCUT2D eigenvalue weighted by Gasteiger charge is 2.37. The molecular formula is C16H20N2OS. The summed E-state index contributed by atoms with van der Waals surface area (Å²) in [6, 6.07) is 8.56. The number of amides is 1. The lowest BCUT2D eigenvalue weighted by molar-refractivity contribution is -0.139. The Morgan fingerprint density at radius 3 is 2.85 bits per heavy atom. The number of nitrogens with two attached hydrogens (primary N) is 1. The van der Waals surface area contributed by atoms with Crippen LogP contribution in [0.25, 0.3) is 10.1 Å². The molecule has 0 spiro atoms. The van der Waals surface area contributed by atoms with Crippen molar-refractivity contribution in [2.45, 2.75) is 44.8 Å². The van der Waals surface area contributed by atoms with Crippen molar-refractivity contribution in [2.24, 2.45) is 5.73 Å². The molecule has 0 radical (unpaired) electrons. The first-order chi connectivity index (χ1) is 9.59. The molecular weight excluding hydrogens is 268 g/mol. The monoisotopic (exact) mass is 288 g/mol. The van der Waals surface area contributed by atoms with Crippen molar-refractivity contribution in [3.8, 4) is 0 Å². The van der Waals surface area contributed by atoms with Crippen molar-refractivity contribution in [1.29, 1.82) is 0 Å². The minimum Gasteiger partial charge on any atom is -0.332 e. The Kier molecular flexibility index (Phi) is 3.52. The highest BCUT2D eigenvalue weighted by molar-refractivity contribution is 7.17. The topological polar surface area (TPSA) is 46.3 Å². The molecule has 4 heteroatoms. The van der Waals surface area contributed by atoms with Gasteiger partial charge in [-0.2, -0.15) is 0 Å². The quantitative estimate of drug-likeness (QED) is 0.921. The molecule has 2 aromatic rings. The summed E-state index contributed by atoms with van der Waals surface area (Å²) in [5, 5.41) is 3.40. The largest absolute Gasteiger partial charge is 0.332 e. The Bertz CT molecular complexity index is 634. The maximum Gasteiger partial charge on any atom is 0.223 e. The summed E-state index contributed by atoms with van der Waals surface area (Å²) < 4.78 is 1.26. The fourth-order valence-corrected chi connectivity index (χ4v) is 4.15. The SMILES string of the molecule is CC(C)N1C(=O)CCC(N)C1c1csc2ccccc12. The van der Waals surface area contributed by atoms with E-state index in [1.165, 1.54) is 15.6 Å². The molecule has 2 N–H and O–H groups in total. The average molecular weight is 288 g/mol. The molecule has 1 aliphatic heterocycles. The number of nitrogens with zero attached hydrogens (tertiary/aromatic N) is 1. The number of rotatable bonds is 2. The summed E-state index contributed by atoms with van der Waals surface area (Å²) in [5.74, 6) is 0.224. The van der Waals surface area contributed by atoms with Gasteiger partial charge in [0.05, 0.1) is 6.04 Å². The number of benzene rings is 1. The Morgan fingerprint density at radius 1 is 1.35 bits per heavy atom. The molecule has 2 unspecified atom stereocenters. The van der Waals surface area contributed by atoms with Crippen LogP contribution in [0.2, 0.25) is 0 Å².